The number of nitrogens with one attached hydrogen (secondary N) is 2. The summed E-state index contributed by atoms with van der Waals surface area (Å²) in [4.78, 5) is 18.3. The average Bonchev–Trinajstić information content (AvgIpc) is 2.69. The van der Waals surface area contributed by atoms with Crippen LogP contribution in [0.3, 0.4) is 0 Å². The number of aliphatic hydroxyl groups is 1. The summed E-state index contributed by atoms with van der Waals surface area (Å²) in [6, 6.07) is 6.17. The fourth-order valence-corrected chi connectivity index (χ4v) is 3.28. The Morgan fingerprint density at radius 1 is 1.35 bits per heavy atom. The van der Waals surface area contributed by atoms with Crippen molar-refractivity contribution in [2.24, 2.45) is 0 Å². The molecule has 1 amide bonds. The molecular formula is C14H20N4O2. The summed E-state index contributed by atoms with van der Waals surface area (Å²) in [5, 5.41) is 9.75. The molecule has 3 N–H and O–H groups in total. The molecule has 0 saturated carbocycles. The topological polar surface area (TPSA) is 77.5 Å². The number of aliphatic hydroxyl groups excluding tert-OH is 1. The Hall–Kier alpha value is -1.66. The van der Waals surface area contributed by atoms with Gasteiger partial charge in [-0.15, -0.1) is 0 Å². The van der Waals surface area contributed by atoms with Gasteiger partial charge in [0.25, 0.3) is 5.91 Å². The zero-order chi connectivity index (χ0) is 13.9. The van der Waals surface area contributed by atoms with Crippen molar-refractivity contribution in [1.82, 2.24) is 15.3 Å². The lowest BCUT2D eigenvalue weighted by Crippen LogP contribution is -2.49. The first-order chi connectivity index (χ1) is 9.72. The minimum absolute atomic E-state index is 0.0658. The largest absolute Gasteiger partial charge is 0.393 e. The molecule has 1 aromatic heterocycles. The highest BCUT2D eigenvalue weighted by Gasteiger charge is 2.40. The van der Waals surface area contributed by atoms with E-state index < -0.39 is 0 Å². The molecule has 0 aliphatic carbocycles. The standard InChI is InChI=1S/C14H20N4O2/c19-12-7-10-4-5-11(8-12)18(10)9-14(20)17-16-13-3-1-2-6-15-13/h1-3,6,10-12,19H,4-5,7-9H2,(H,15,16)(H,17,20). The second-order valence-corrected chi connectivity index (χ2v) is 5.57. The summed E-state index contributed by atoms with van der Waals surface area (Å²) in [5.41, 5.74) is 5.48. The van der Waals surface area contributed by atoms with Gasteiger partial charge in [0.2, 0.25) is 0 Å². The Labute approximate surface area is 118 Å². The van der Waals surface area contributed by atoms with Crippen LogP contribution in [0.4, 0.5) is 5.82 Å². The van der Waals surface area contributed by atoms with Gasteiger partial charge >= 0.3 is 0 Å². The van der Waals surface area contributed by atoms with E-state index >= 15 is 0 Å². The maximum Gasteiger partial charge on any atom is 0.252 e. The predicted molar refractivity (Wildman–Crippen MR) is 74.8 cm³/mol. The molecule has 2 bridgehead atoms. The maximum atomic E-state index is 12.0. The third-order valence-corrected chi connectivity index (χ3v) is 4.18. The Bertz CT molecular complexity index is 454. The Morgan fingerprint density at radius 2 is 2.10 bits per heavy atom. The fraction of sp³-hybridized carbons (Fsp3) is 0.571. The van der Waals surface area contributed by atoms with Gasteiger partial charge in [0.1, 0.15) is 5.82 Å². The third-order valence-electron chi connectivity index (χ3n) is 4.18. The molecule has 2 fully saturated rings. The normalized spacial score (nSPS) is 29.1. The molecule has 2 unspecified atom stereocenters. The SMILES string of the molecule is O=C(CN1C2CCC1CC(O)C2)NNc1ccccn1. The second kappa shape index (κ2) is 5.76. The van der Waals surface area contributed by atoms with Crippen molar-refractivity contribution in [3.8, 4) is 0 Å². The van der Waals surface area contributed by atoms with Crippen molar-refractivity contribution in [1.29, 1.82) is 0 Å². The smallest absolute Gasteiger partial charge is 0.252 e. The van der Waals surface area contributed by atoms with Crippen LogP contribution in [0.2, 0.25) is 0 Å². The lowest BCUT2D eigenvalue weighted by molar-refractivity contribution is -0.123. The molecule has 108 valence electrons. The number of hydrazine groups is 1. The number of carbonyl (C=O) groups excluding carboxylic acids is 1. The highest BCUT2D eigenvalue weighted by molar-refractivity contribution is 5.79. The molecule has 0 aromatic carbocycles. The fourth-order valence-electron chi connectivity index (χ4n) is 3.28. The van der Waals surface area contributed by atoms with Crippen LogP contribution in [0.5, 0.6) is 0 Å². The number of nitrogens with zero attached hydrogens (tertiary/aromatic N) is 2. The number of rotatable bonds is 4. The summed E-state index contributed by atoms with van der Waals surface area (Å²) in [5.74, 6) is 0.557. The van der Waals surface area contributed by atoms with E-state index in [1.54, 1.807) is 12.3 Å². The van der Waals surface area contributed by atoms with Crippen LogP contribution in [0.25, 0.3) is 0 Å². The first kappa shape index (κ1) is 13.3. The third kappa shape index (κ3) is 2.91. The van der Waals surface area contributed by atoms with Crippen molar-refractivity contribution < 1.29 is 9.90 Å². The van der Waals surface area contributed by atoms with E-state index in [0.717, 1.165) is 25.7 Å². The molecule has 2 saturated heterocycles. The van der Waals surface area contributed by atoms with Gasteiger partial charge in [0.05, 0.1) is 12.6 Å². The van der Waals surface area contributed by atoms with Gasteiger partial charge in [-0.05, 0) is 37.8 Å². The quantitative estimate of drug-likeness (QED) is 0.699. The lowest BCUT2D eigenvalue weighted by Gasteiger charge is -2.36. The first-order valence-electron chi connectivity index (χ1n) is 7.12. The van der Waals surface area contributed by atoms with Gasteiger partial charge < -0.3 is 5.11 Å². The van der Waals surface area contributed by atoms with E-state index in [1.807, 2.05) is 12.1 Å². The van der Waals surface area contributed by atoms with Crippen molar-refractivity contribution >= 4 is 11.7 Å². The molecule has 6 heteroatoms. The number of anilines is 1. The van der Waals surface area contributed by atoms with Crippen LogP contribution >= 0.6 is 0 Å². The van der Waals surface area contributed by atoms with Crippen LogP contribution in [-0.2, 0) is 4.79 Å². The van der Waals surface area contributed by atoms with Gasteiger partial charge in [-0.25, -0.2) is 4.98 Å². The number of pyridine rings is 1. The number of fused-ring (bicyclic) bond motifs is 2. The molecule has 6 nitrogen and oxygen atoms in total. The summed E-state index contributed by atoms with van der Waals surface area (Å²) in [7, 11) is 0. The van der Waals surface area contributed by atoms with Crippen molar-refractivity contribution in [3.63, 3.8) is 0 Å². The molecule has 1 aromatic rings. The maximum absolute atomic E-state index is 12.0. The van der Waals surface area contributed by atoms with Crippen molar-refractivity contribution in [3.05, 3.63) is 24.4 Å². The summed E-state index contributed by atoms with van der Waals surface area (Å²) in [6.45, 7) is 0.377. The highest BCUT2D eigenvalue weighted by Crippen LogP contribution is 2.35. The number of hydrogen-bond donors (Lipinski definition) is 3. The Kier molecular flexibility index (Phi) is 3.84. The molecular weight excluding hydrogens is 256 g/mol. The summed E-state index contributed by atoms with van der Waals surface area (Å²) < 4.78 is 0. The Balaban J connectivity index is 1.50. The second-order valence-electron chi connectivity index (χ2n) is 5.57. The molecule has 3 heterocycles. The van der Waals surface area contributed by atoms with Crippen molar-refractivity contribution in [2.45, 2.75) is 43.9 Å². The summed E-state index contributed by atoms with van der Waals surface area (Å²) >= 11 is 0. The van der Waals surface area contributed by atoms with Crippen LogP contribution in [0, 0.1) is 0 Å². The molecule has 2 aliphatic heterocycles. The minimum Gasteiger partial charge on any atom is -0.393 e. The first-order valence-corrected chi connectivity index (χ1v) is 7.12. The van der Waals surface area contributed by atoms with Gasteiger partial charge in [-0.3, -0.25) is 20.5 Å². The average molecular weight is 276 g/mol. The van der Waals surface area contributed by atoms with Crippen LogP contribution in [0.15, 0.2) is 24.4 Å². The van der Waals surface area contributed by atoms with Gasteiger partial charge in [0.15, 0.2) is 0 Å². The predicted octanol–water partition coefficient (Wildman–Crippen LogP) is 0.512. The molecule has 3 rings (SSSR count). The lowest BCUT2D eigenvalue weighted by atomic mass is 10.00. The van der Waals surface area contributed by atoms with Gasteiger partial charge in [-0.1, -0.05) is 6.07 Å². The van der Waals surface area contributed by atoms with E-state index in [-0.39, 0.29) is 12.0 Å². The number of amides is 1. The van der Waals surface area contributed by atoms with E-state index in [0.29, 0.717) is 24.4 Å². The molecule has 20 heavy (non-hydrogen) atoms. The molecule has 2 atom stereocenters. The van der Waals surface area contributed by atoms with E-state index in [4.69, 9.17) is 0 Å². The van der Waals surface area contributed by atoms with Gasteiger partial charge in [0, 0.05) is 18.3 Å². The Morgan fingerprint density at radius 3 is 2.75 bits per heavy atom. The van der Waals surface area contributed by atoms with E-state index in [1.165, 1.54) is 0 Å². The highest BCUT2D eigenvalue weighted by atomic mass is 16.3. The minimum atomic E-state index is -0.196. The molecule has 2 aliphatic rings. The number of carbonyl (C=O) groups is 1. The zero-order valence-electron chi connectivity index (χ0n) is 11.3. The summed E-state index contributed by atoms with van der Waals surface area (Å²) in [6.07, 6.45) is 5.22. The van der Waals surface area contributed by atoms with Crippen molar-refractivity contribution in [2.75, 3.05) is 12.0 Å². The van der Waals surface area contributed by atoms with E-state index in [2.05, 4.69) is 20.7 Å². The van der Waals surface area contributed by atoms with E-state index in [9.17, 15) is 9.90 Å². The zero-order valence-corrected chi connectivity index (χ0v) is 11.3. The van der Waals surface area contributed by atoms with Crippen LogP contribution < -0.4 is 10.9 Å². The number of aromatic nitrogens is 1. The number of hydrogen-bond acceptors (Lipinski definition) is 5. The molecule has 0 spiro atoms. The van der Waals surface area contributed by atoms with Crippen LogP contribution in [0.1, 0.15) is 25.7 Å². The number of piperidine rings is 1. The van der Waals surface area contributed by atoms with Gasteiger partial charge in [-0.2, -0.15) is 0 Å². The molecule has 0 radical (unpaired) electrons. The van der Waals surface area contributed by atoms with Crippen LogP contribution in [-0.4, -0.2) is 45.6 Å². The monoisotopic (exact) mass is 276 g/mol.